The molecule has 0 heterocycles. The molecule has 0 aliphatic heterocycles. The molecular weight excluding hydrogens is 542 g/mol. The minimum Gasteiger partial charge on any atom is -0.507 e. The van der Waals surface area contributed by atoms with Crippen LogP contribution in [0.5, 0.6) is 0 Å². The summed E-state index contributed by atoms with van der Waals surface area (Å²) in [5.41, 5.74) is -1.47. The number of alkyl halides is 6. The Balaban J connectivity index is 0.000000610. The van der Waals surface area contributed by atoms with Gasteiger partial charge in [0, 0.05) is 12.7 Å². The summed E-state index contributed by atoms with van der Waals surface area (Å²) >= 11 is 0. The van der Waals surface area contributed by atoms with Crippen molar-refractivity contribution in [2.24, 2.45) is 0 Å². The van der Waals surface area contributed by atoms with E-state index in [4.69, 9.17) is 0 Å². The summed E-state index contributed by atoms with van der Waals surface area (Å²) in [4.78, 5) is 32.1. The maximum atomic E-state index is 12.3. The number of halogens is 6. The molecule has 0 spiro atoms. The largest absolute Gasteiger partial charge is 0.507 e. The van der Waals surface area contributed by atoms with Crippen molar-refractivity contribution < 1.29 is 64.8 Å². The van der Waals surface area contributed by atoms with Gasteiger partial charge in [-0.25, -0.2) is 14.4 Å². The molecule has 0 saturated carbocycles. The Labute approximate surface area is 219 Å². The van der Waals surface area contributed by atoms with Crippen LogP contribution in [0.4, 0.5) is 26.3 Å². The zero-order valence-corrected chi connectivity index (χ0v) is 21.4. The summed E-state index contributed by atoms with van der Waals surface area (Å²) in [5.74, 6) is -2.15. The molecule has 1 N–H and O–H groups in total. The lowest BCUT2D eigenvalue weighted by Crippen LogP contribution is -2.07. The summed E-state index contributed by atoms with van der Waals surface area (Å²) in [6.07, 6.45) is -8.82. The number of methoxy groups -OCH3 is 4. The average molecular weight is 568 g/mol. The van der Waals surface area contributed by atoms with Crippen LogP contribution in [0.2, 0.25) is 0 Å². The summed E-state index contributed by atoms with van der Waals surface area (Å²) < 4.78 is 90.6. The smallest absolute Gasteiger partial charge is 0.416 e. The van der Waals surface area contributed by atoms with Gasteiger partial charge in [0.25, 0.3) is 0 Å². The van der Waals surface area contributed by atoms with E-state index in [0.717, 1.165) is 55.6 Å². The third-order valence-corrected chi connectivity index (χ3v) is 4.46. The fourth-order valence-electron chi connectivity index (χ4n) is 2.37. The number of hydrogen-bond donors (Lipinski definition) is 1. The van der Waals surface area contributed by atoms with E-state index in [9.17, 15) is 45.8 Å². The summed E-state index contributed by atoms with van der Waals surface area (Å²) in [7, 11) is 5.07. The topological polar surface area (TPSA) is 108 Å². The van der Waals surface area contributed by atoms with Crippen LogP contribution < -0.4 is 0 Å². The maximum absolute atomic E-state index is 12.3. The van der Waals surface area contributed by atoms with Crippen molar-refractivity contribution in [3.63, 3.8) is 0 Å². The van der Waals surface area contributed by atoms with Crippen LogP contribution in [-0.4, -0.2) is 58.1 Å². The number of benzene rings is 2. The van der Waals surface area contributed by atoms with Gasteiger partial charge in [-0.1, -0.05) is 12.1 Å². The normalized spacial score (nSPS) is 11.5. The average Bonchev–Trinajstić information content (AvgIpc) is 2.91. The molecule has 0 aliphatic rings. The molecule has 0 radical (unpaired) electrons. The summed E-state index contributed by atoms with van der Waals surface area (Å²) in [5, 5.41) is 9.68. The highest BCUT2D eigenvalue weighted by atomic mass is 19.4. The second-order valence-electron chi connectivity index (χ2n) is 7.12. The van der Waals surface area contributed by atoms with Crippen molar-refractivity contribution in [3.8, 4) is 0 Å². The maximum Gasteiger partial charge on any atom is 0.416 e. The first-order valence-electron chi connectivity index (χ1n) is 10.5. The predicted octanol–water partition coefficient (Wildman–Crippen LogP) is 5.47. The number of aliphatic hydroxyl groups is 1. The lowest BCUT2D eigenvalue weighted by atomic mass is 10.1. The number of rotatable bonds is 5. The van der Waals surface area contributed by atoms with Crippen LogP contribution in [0.25, 0.3) is 5.76 Å². The lowest BCUT2D eigenvalue weighted by molar-refractivity contribution is -0.145. The van der Waals surface area contributed by atoms with Gasteiger partial charge in [-0.15, -0.1) is 0 Å². The van der Waals surface area contributed by atoms with Gasteiger partial charge < -0.3 is 24.1 Å². The first kappa shape index (κ1) is 34.9. The highest BCUT2D eigenvalue weighted by molar-refractivity contribution is 5.95. The molecule has 2 aromatic rings. The molecule has 0 unspecified atom stereocenters. The minimum absolute atomic E-state index is 0.0382. The van der Waals surface area contributed by atoms with E-state index in [1.165, 1.54) is 28.3 Å². The fourth-order valence-corrected chi connectivity index (χ4v) is 2.37. The van der Waals surface area contributed by atoms with Gasteiger partial charge in [-0.05, 0) is 43.3 Å². The Morgan fingerprint density at radius 1 is 0.692 bits per heavy atom. The van der Waals surface area contributed by atoms with Crippen LogP contribution in [0.3, 0.4) is 0 Å². The lowest BCUT2D eigenvalue weighted by Gasteiger charge is -2.08. The quantitative estimate of drug-likeness (QED) is 0.167. The van der Waals surface area contributed by atoms with Crippen molar-refractivity contribution in [1.29, 1.82) is 0 Å². The van der Waals surface area contributed by atoms with Crippen LogP contribution in [0.15, 0.2) is 54.1 Å². The van der Waals surface area contributed by atoms with Gasteiger partial charge in [0.1, 0.15) is 12.4 Å². The molecule has 0 bridgehead atoms. The van der Waals surface area contributed by atoms with Gasteiger partial charge in [-0.3, -0.25) is 0 Å². The number of aliphatic hydroxyl groups excluding tert-OH is 1. The second kappa shape index (κ2) is 16.0. The molecule has 0 atom stereocenters. The molecule has 0 saturated heterocycles. The molecule has 39 heavy (non-hydrogen) atoms. The molecule has 2 aromatic carbocycles. The van der Waals surface area contributed by atoms with E-state index in [2.05, 4.69) is 18.9 Å². The van der Waals surface area contributed by atoms with E-state index in [1.807, 2.05) is 0 Å². The van der Waals surface area contributed by atoms with E-state index < -0.39 is 41.2 Å². The first-order chi connectivity index (χ1) is 18.0. The van der Waals surface area contributed by atoms with E-state index in [-0.39, 0.29) is 29.3 Å². The van der Waals surface area contributed by atoms with Crippen molar-refractivity contribution in [2.75, 3.05) is 35.0 Å². The Morgan fingerprint density at radius 2 is 1.10 bits per heavy atom. The standard InChI is InChI=1S/C12H11F3O3.C9H7F3O2.C4H8O3/c1-7(11(17)18-2)10(16)8-3-5-9(6-4-8)12(13,14)15;1-14-8(13)6-2-4-7(5-3-6)9(10,11)12;1-6-3-4(5)7-2/h3-6,16H,1-2H3;2-5H,1H3;3H2,1-2H3. The number of ether oxygens (including phenoxy) is 4. The SMILES string of the molecule is COC(=O)C(C)=C(O)c1ccc(C(F)(F)F)cc1.COC(=O)c1ccc(C(F)(F)F)cc1.COCC(=O)OC. The number of carbonyl (C=O) groups excluding carboxylic acids is 3. The van der Waals surface area contributed by atoms with Gasteiger partial charge >= 0.3 is 30.3 Å². The van der Waals surface area contributed by atoms with E-state index in [1.54, 1.807) is 0 Å². The van der Waals surface area contributed by atoms with Crippen molar-refractivity contribution in [2.45, 2.75) is 19.3 Å². The van der Waals surface area contributed by atoms with Crippen LogP contribution >= 0.6 is 0 Å². The molecule has 2 rings (SSSR count). The van der Waals surface area contributed by atoms with Crippen LogP contribution in [-0.2, 0) is 40.9 Å². The predicted molar refractivity (Wildman–Crippen MR) is 125 cm³/mol. The molecule has 0 aromatic heterocycles. The number of esters is 3. The molecule has 14 heteroatoms. The molecule has 0 aliphatic carbocycles. The number of carbonyl (C=O) groups is 3. The Hall–Kier alpha value is -4.07. The van der Waals surface area contributed by atoms with Crippen LogP contribution in [0.1, 0.15) is 34.0 Å². The Morgan fingerprint density at radius 3 is 1.38 bits per heavy atom. The summed E-state index contributed by atoms with van der Waals surface area (Å²) in [6.45, 7) is 1.36. The Bertz CT molecular complexity index is 1110. The first-order valence-corrected chi connectivity index (χ1v) is 10.5. The van der Waals surface area contributed by atoms with Crippen molar-refractivity contribution in [1.82, 2.24) is 0 Å². The minimum atomic E-state index is -4.44. The van der Waals surface area contributed by atoms with Crippen molar-refractivity contribution >= 4 is 23.7 Å². The highest BCUT2D eigenvalue weighted by Crippen LogP contribution is 2.30. The van der Waals surface area contributed by atoms with Gasteiger partial charge in [0.2, 0.25) is 0 Å². The van der Waals surface area contributed by atoms with Crippen LogP contribution in [0, 0.1) is 0 Å². The fraction of sp³-hybridized carbons (Fsp3) is 0.320. The third kappa shape index (κ3) is 12.3. The third-order valence-electron chi connectivity index (χ3n) is 4.46. The molecular formula is C25H26F6O8. The second-order valence-corrected chi connectivity index (χ2v) is 7.12. The Kier molecular flexibility index (Phi) is 14.3. The molecule has 216 valence electrons. The zero-order chi connectivity index (χ0) is 30.4. The molecule has 0 fully saturated rings. The summed E-state index contributed by atoms with van der Waals surface area (Å²) in [6, 6.07) is 7.67. The van der Waals surface area contributed by atoms with Gasteiger partial charge in [0.15, 0.2) is 0 Å². The van der Waals surface area contributed by atoms with Crippen molar-refractivity contribution in [3.05, 3.63) is 76.4 Å². The van der Waals surface area contributed by atoms with Gasteiger partial charge in [-0.2, -0.15) is 26.3 Å². The zero-order valence-electron chi connectivity index (χ0n) is 21.4. The van der Waals surface area contributed by atoms with E-state index >= 15 is 0 Å². The van der Waals surface area contributed by atoms with Gasteiger partial charge in [0.05, 0.1) is 43.6 Å². The molecule has 8 nitrogen and oxygen atoms in total. The highest BCUT2D eigenvalue weighted by Gasteiger charge is 2.31. The monoisotopic (exact) mass is 568 g/mol. The number of hydrogen-bond acceptors (Lipinski definition) is 8. The molecule has 0 amide bonds. The van der Waals surface area contributed by atoms with E-state index in [0.29, 0.717) is 0 Å².